The van der Waals surface area contributed by atoms with Crippen LogP contribution in [0.2, 0.25) is 0 Å². The van der Waals surface area contributed by atoms with Gasteiger partial charge >= 0.3 is 0 Å². The Morgan fingerprint density at radius 3 is 2.86 bits per heavy atom. The first-order valence-electron chi connectivity index (χ1n) is 6.76. The van der Waals surface area contributed by atoms with Gasteiger partial charge in [-0.2, -0.15) is 0 Å². The largest absolute Gasteiger partial charge is 0.383 e. The number of para-hydroxylation sites is 2. The van der Waals surface area contributed by atoms with Crippen LogP contribution in [-0.4, -0.2) is 19.0 Å². The summed E-state index contributed by atoms with van der Waals surface area (Å²) in [5, 5.41) is 3.32. The van der Waals surface area contributed by atoms with Gasteiger partial charge in [-0.3, -0.25) is 4.79 Å². The number of benzene rings is 2. The van der Waals surface area contributed by atoms with Crippen molar-refractivity contribution in [1.82, 2.24) is 0 Å². The number of hydrogen-bond donors (Lipinski definition) is 1. The molecule has 0 unspecified atom stereocenters. The minimum absolute atomic E-state index is 0.127. The molecule has 1 aliphatic rings. The fourth-order valence-electron chi connectivity index (χ4n) is 2.46. The first-order chi connectivity index (χ1) is 10.2. The molecule has 0 saturated carbocycles. The van der Waals surface area contributed by atoms with E-state index in [1.165, 1.54) is 18.2 Å². The lowest BCUT2D eigenvalue weighted by Gasteiger charge is -2.23. The number of anilines is 2. The molecule has 2 aromatic rings. The lowest BCUT2D eigenvalue weighted by atomic mass is 10.1. The summed E-state index contributed by atoms with van der Waals surface area (Å²) in [5.41, 5.74) is 2.27. The molecule has 0 aliphatic carbocycles. The summed E-state index contributed by atoms with van der Waals surface area (Å²) >= 11 is 3.27. The lowest BCUT2D eigenvalue weighted by Crippen LogP contribution is -2.31. The number of carbonyl (C=O) groups excluding carboxylic acids is 1. The molecular weight excluding hydrogens is 335 g/mol. The van der Waals surface area contributed by atoms with Gasteiger partial charge in [-0.1, -0.05) is 12.1 Å². The second kappa shape index (κ2) is 5.85. The molecule has 1 aliphatic heterocycles. The highest BCUT2D eigenvalue weighted by Gasteiger charge is 2.23. The summed E-state index contributed by atoms with van der Waals surface area (Å²) in [5.74, 6) is -0.491. The Morgan fingerprint density at radius 1 is 1.24 bits per heavy atom. The standard InChI is InChI=1S/C16H14BrFN2O/c17-13-10-11(18)6-7-12(13)16(21)20-9-3-8-19-14-4-1-2-5-15(14)20/h1-2,4-7,10,19H,3,8-9H2. The molecule has 1 heterocycles. The smallest absolute Gasteiger partial charge is 0.259 e. The van der Waals surface area contributed by atoms with Crippen LogP contribution in [0.3, 0.4) is 0 Å². The summed E-state index contributed by atoms with van der Waals surface area (Å²) < 4.78 is 13.7. The molecule has 108 valence electrons. The van der Waals surface area contributed by atoms with Gasteiger partial charge in [0, 0.05) is 17.6 Å². The number of hydrogen-bond acceptors (Lipinski definition) is 2. The second-order valence-corrected chi connectivity index (χ2v) is 5.73. The van der Waals surface area contributed by atoms with E-state index in [1.54, 1.807) is 4.90 Å². The molecule has 1 N–H and O–H groups in total. The van der Waals surface area contributed by atoms with E-state index in [-0.39, 0.29) is 11.7 Å². The Kier molecular flexibility index (Phi) is 3.92. The van der Waals surface area contributed by atoms with Gasteiger partial charge in [-0.15, -0.1) is 0 Å². The maximum Gasteiger partial charge on any atom is 0.259 e. The Labute approximate surface area is 130 Å². The molecule has 0 saturated heterocycles. The van der Waals surface area contributed by atoms with E-state index in [0.717, 1.165) is 24.3 Å². The number of rotatable bonds is 1. The van der Waals surface area contributed by atoms with Gasteiger partial charge < -0.3 is 10.2 Å². The monoisotopic (exact) mass is 348 g/mol. The van der Waals surface area contributed by atoms with E-state index in [9.17, 15) is 9.18 Å². The average molecular weight is 349 g/mol. The molecule has 0 bridgehead atoms. The topological polar surface area (TPSA) is 32.3 Å². The zero-order valence-electron chi connectivity index (χ0n) is 11.3. The Hall–Kier alpha value is -1.88. The zero-order chi connectivity index (χ0) is 14.8. The zero-order valence-corrected chi connectivity index (χ0v) is 12.9. The van der Waals surface area contributed by atoms with Crippen molar-refractivity contribution in [2.45, 2.75) is 6.42 Å². The molecule has 3 rings (SSSR count). The molecule has 0 atom stereocenters. The van der Waals surface area contributed by atoms with E-state index >= 15 is 0 Å². The van der Waals surface area contributed by atoms with Crippen molar-refractivity contribution in [3.63, 3.8) is 0 Å². The first kappa shape index (κ1) is 14.1. The van der Waals surface area contributed by atoms with Gasteiger partial charge in [0.25, 0.3) is 5.91 Å². The molecule has 1 amide bonds. The number of carbonyl (C=O) groups is 1. The van der Waals surface area contributed by atoms with Crippen LogP contribution in [0.5, 0.6) is 0 Å². The van der Waals surface area contributed by atoms with E-state index in [2.05, 4.69) is 21.2 Å². The molecule has 21 heavy (non-hydrogen) atoms. The third-order valence-corrected chi connectivity index (χ3v) is 4.13. The number of amides is 1. The van der Waals surface area contributed by atoms with Crippen LogP contribution < -0.4 is 10.2 Å². The lowest BCUT2D eigenvalue weighted by molar-refractivity contribution is 0.0986. The van der Waals surface area contributed by atoms with Gasteiger partial charge in [0.1, 0.15) is 5.82 Å². The third-order valence-electron chi connectivity index (χ3n) is 3.48. The Morgan fingerprint density at radius 2 is 2.05 bits per heavy atom. The van der Waals surface area contributed by atoms with Crippen molar-refractivity contribution in [2.75, 3.05) is 23.3 Å². The van der Waals surface area contributed by atoms with Crippen LogP contribution in [0.25, 0.3) is 0 Å². The summed E-state index contributed by atoms with van der Waals surface area (Å²) in [4.78, 5) is 14.5. The van der Waals surface area contributed by atoms with Crippen LogP contribution in [0, 0.1) is 5.82 Å². The molecule has 0 radical (unpaired) electrons. The van der Waals surface area contributed by atoms with E-state index in [1.807, 2.05) is 24.3 Å². The summed E-state index contributed by atoms with van der Waals surface area (Å²) in [6.07, 6.45) is 0.860. The molecule has 0 spiro atoms. The van der Waals surface area contributed by atoms with Crippen molar-refractivity contribution < 1.29 is 9.18 Å². The average Bonchev–Trinajstić information content (AvgIpc) is 2.69. The summed E-state index contributed by atoms with van der Waals surface area (Å²) in [6.45, 7) is 1.46. The molecule has 5 heteroatoms. The highest BCUT2D eigenvalue weighted by atomic mass is 79.9. The minimum Gasteiger partial charge on any atom is -0.383 e. The van der Waals surface area contributed by atoms with Crippen molar-refractivity contribution in [2.24, 2.45) is 0 Å². The van der Waals surface area contributed by atoms with Crippen LogP contribution in [-0.2, 0) is 0 Å². The summed E-state index contributed by atoms with van der Waals surface area (Å²) in [7, 11) is 0. The maximum absolute atomic E-state index is 13.2. The van der Waals surface area contributed by atoms with E-state index in [4.69, 9.17) is 0 Å². The fraction of sp³-hybridized carbons (Fsp3) is 0.188. The summed E-state index contributed by atoms with van der Waals surface area (Å²) in [6, 6.07) is 11.9. The van der Waals surface area contributed by atoms with Gasteiger partial charge in [0.05, 0.1) is 16.9 Å². The van der Waals surface area contributed by atoms with Gasteiger partial charge in [-0.25, -0.2) is 4.39 Å². The number of fused-ring (bicyclic) bond motifs is 1. The Bertz CT molecular complexity index is 690. The SMILES string of the molecule is O=C(c1ccc(F)cc1Br)N1CCCNc2ccccc21. The molecule has 0 fully saturated rings. The van der Waals surface area contributed by atoms with Gasteiger partial charge in [0.2, 0.25) is 0 Å². The normalized spacial score (nSPS) is 14.1. The van der Waals surface area contributed by atoms with Crippen LogP contribution in [0.4, 0.5) is 15.8 Å². The predicted molar refractivity (Wildman–Crippen MR) is 85.3 cm³/mol. The van der Waals surface area contributed by atoms with Gasteiger partial charge in [-0.05, 0) is 52.7 Å². The highest BCUT2D eigenvalue weighted by molar-refractivity contribution is 9.10. The van der Waals surface area contributed by atoms with Crippen molar-refractivity contribution in [3.8, 4) is 0 Å². The van der Waals surface area contributed by atoms with Gasteiger partial charge in [0.15, 0.2) is 0 Å². The van der Waals surface area contributed by atoms with Crippen LogP contribution in [0.15, 0.2) is 46.9 Å². The minimum atomic E-state index is -0.364. The molecule has 3 nitrogen and oxygen atoms in total. The van der Waals surface area contributed by atoms with E-state index in [0.29, 0.717) is 16.6 Å². The first-order valence-corrected chi connectivity index (χ1v) is 7.56. The predicted octanol–water partition coefficient (Wildman–Crippen LogP) is 4.05. The molecule has 0 aromatic heterocycles. The number of nitrogens with one attached hydrogen (secondary N) is 1. The van der Waals surface area contributed by atoms with Crippen molar-refractivity contribution in [3.05, 3.63) is 58.3 Å². The quantitative estimate of drug-likeness (QED) is 0.843. The molecular formula is C16H14BrFN2O. The number of halogens is 2. The third kappa shape index (κ3) is 2.78. The highest BCUT2D eigenvalue weighted by Crippen LogP contribution is 2.30. The number of nitrogens with zero attached hydrogens (tertiary/aromatic N) is 1. The second-order valence-electron chi connectivity index (χ2n) is 4.88. The van der Waals surface area contributed by atoms with Crippen LogP contribution in [0.1, 0.15) is 16.8 Å². The molecule has 2 aromatic carbocycles. The maximum atomic E-state index is 13.2. The van der Waals surface area contributed by atoms with E-state index < -0.39 is 0 Å². The fourth-order valence-corrected chi connectivity index (χ4v) is 2.98. The Balaban J connectivity index is 2.01. The van der Waals surface area contributed by atoms with Crippen molar-refractivity contribution in [1.29, 1.82) is 0 Å². The van der Waals surface area contributed by atoms with Crippen LogP contribution >= 0.6 is 15.9 Å². The van der Waals surface area contributed by atoms with Crippen molar-refractivity contribution >= 4 is 33.2 Å².